The van der Waals surface area contributed by atoms with E-state index in [0.717, 1.165) is 11.1 Å². The highest BCUT2D eigenvalue weighted by atomic mass is 16.5. The number of hydrogen-bond donors (Lipinski definition) is 0. The Labute approximate surface area is 217 Å². The van der Waals surface area contributed by atoms with Crippen LogP contribution in [-0.4, -0.2) is 32.4 Å². The van der Waals surface area contributed by atoms with Crippen molar-refractivity contribution in [2.24, 2.45) is 4.99 Å². The number of aromatic nitrogens is 3. The summed E-state index contributed by atoms with van der Waals surface area (Å²) < 4.78 is 13.8. The second kappa shape index (κ2) is 10.5. The Morgan fingerprint density at radius 3 is 2.63 bits per heavy atom. The van der Waals surface area contributed by atoms with Crippen LogP contribution >= 0.6 is 0 Å². The fourth-order valence-electron chi connectivity index (χ4n) is 4.15. The Hall–Kier alpha value is -5.05. The second-order valence-electron chi connectivity index (χ2n) is 8.50. The molecule has 5 rings (SSSR count). The Morgan fingerprint density at radius 1 is 1.08 bits per heavy atom. The number of pyridine rings is 2. The molecule has 0 atom stereocenters. The van der Waals surface area contributed by atoms with Gasteiger partial charge in [-0.05, 0) is 55.3 Å². The summed E-state index contributed by atoms with van der Waals surface area (Å²) in [6, 6.07) is 17.8. The Morgan fingerprint density at radius 2 is 1.89 bits per heavy atom. The van der Waals surface area contributed by atoms with Gasteiger partial charge in [-0.15, -0.1) is 0 Å². The standard InChI is InChI=1S/C29H24N4O5/c1-3-37-29(36)23-17-22-26(31-25-19(2)9-7-15-32(25)28(22)35)33(18-21-12-8-16-38-21)27(23)30-24(34)14-13-20-10-5-4-6-11-20/h4-17H,3,18H2,1-2H3/b14-13-,30-27?. The number of esters is 1. The van der Waals surface area contributed by atoms with Gasteiger partial charge >= 0.3 is 5.97 Å². The average Bonchev–Trinajstić information content (AvgIpc) is 3.43. The van der Waals surface area contributed by atoms with Crippen LogP contribution in [0.4, 0.5) is 0 Å². The van der Waals surface area contributed by atoms with Gasteiger partial charge in [0.05, 0.1) is 24.8 Å². The van der Waals surface area contributed by atoms with E-state index in [2.05, 4.69) is 4.99 Å². The molecule has 1 aromatic carbocycles. The molecule has 5 aromatic rings. The van der Waals surface area contributed by atoms with Gasteiger partial charge in [-0.1, -0.05) is 36.4 Å². The SMILES string of the molecule is CCOC(=O)c1cc2c(=O)n3cccc(C)c3nc2n(Cc2ccco2)c1=NC(=O)/C=C\c1ccccc1. The summed E-state index contributed by atoms with van der Waals surface area (Å²) in [7, 11) is 0. The molecule has 0 aliphatic carbocycles. The van der Waals surface area contributed by atoms with Crippen LogP contribution in [0.15, 0.2) is 93.4 Å². The van der Waals surface area contributed by atoms with E-state index in [1.807, 2.05) is 43.3 Å². The molecule has 0 fully saturated rings. The van der Waals surface area contributed by atoms with Gasteiger partial charge in [-0.25, -0.2) is 9.78 Å². The summed E-state index contributed by atoms with van der Waals surface area (Å²) in [5.41, 5.74) is 1.93. The largest absolute Gasteiger partial charge is 0.467 e. The topological polar surface area (TPSA) is 108 Å². The molecule has 0 aliphatic rings. The minimum Gasteiger partial charge on any atom is -0.467 e. The number of furan rings is 1. The summed E-state index contributed by atoms with van der Waals surface area (Å²) in [4.78, 5) is 48.7. The van der Waals surface area contributed by atoms with E-state index in [1.54, 1.807) is 42.0 Å². The molecule has 9 heteroatoms. The minimum atomic E-state index is -0.713. The molecule has 9 nitrogen and oxygen atoms in total. The van der Waals surface area contributed by atoms with Crippen molar-refractivity contribution in [1.82, 2.24) is 14.0 Å². The number of aryl methyl sites for hydroxylation is 1. The molecule has 0 spiro atoms. The van der Waals surface area contributed by atoms with Crippen LogP contribution in [0.5, 0.6) is 0 Å². The van der Waals surface area contributed by atoms with Crippen molar-refractivity contribution in [2.75, 3.05) is 6.61 Å². The number of ether oxygens (including phenoxy) is 1. The molecule has 4 heterocycles. The lowest BCUT2D eigenvalue weighted by Gasteiger charge is -2.14. The highest BCUT2D eigenvalue weighted by Gasteiger charge is 2.21. The smallest absolute Gasteiger partial charge is 0.341 e. The lowest BCUT2D eigenvalue weighted by atomic mass is 10.2. The van der Waals surface area contributed by atoms with Crippen LogP contribution in [0, 0.1) is 6.92 Å². The number of carbonyl (C=O) groups excluding carboxylic acids is 2. The fraction of sp³-hybridized carbons (Fsp3) is 0.138. The van der Waals surface area contributed by atoms with Crippen molar-refractivity contribution < 1.29 is 18.7 Å². The molecule has 0 saturated heterocycles. The van der Waals surface area contributed by atoms with Crippen LogP contribution in [0.25, 0.3) is 22.8 Å². The number of benzene rings is 1. The van der Waals surface area contributed by atoms with E-state index in [0.29, 0.717) is 11.4 Å². The maximum Gasteiger partial charge on any atom is 0.341 e. The van der Waals surface area contributed by atoms with Crippen molar-refractivity contribution in [1.29, 1.82) is 0 Å². The summed E-state index contributed by atoms with van der Waals surface area (Å²) in [5.74, 6) is -0.789. The van der Waals surface area contributed by atoms with Crippen LogP contribution < -0.4 is 11.0 Å². The molecule has 0 saturated carbocycles. The first kappa shape index (κ1) is 24.6. The minimum absolute atomic E-state index is 0.0138. The number of amides is 1. The monoisotopic (exact) mass is 508 g/mol. The number of fused-ring (bicyclic) bond motifs is 2. The van der Waals surface area contributed by atoms with Gasteiger partial charge in [0.15, 0.2) is 5.49 Å². The third kappa shape index (κ3) is 4.81. The zero-order valence-corrected chi connectivity index (χ0v) is 20.8. The van der Waals surface area contributed by atoms with Crippen molar-refractivity contribution in [3.63, 3.8) is 0 Å². The van der Waals surface area contributed by atoms with Crippen LogP contribution in [0.2, 0.25) is 0 Å². The maximum absolute atomic E-state index is 13.5. The van der Waals surface area contributed by atoms with Gasteiger partial charge < -0.3 is 13.7 Å². The summed E-state index contributed by atoms with van der Waals surface area (Å²) in [5, 5.41) is 0.175. The molecule has 190 valence electrons. The predicted octanol–water partition coefficient (Wildman–Crippen LogP) is 3.92. The normalized spacial score (nSPS) is 12.0. The fourth-order valence-corrected chi connectivity index (χ4v) is 4.15. The zero-order chi connectivity index (χ0) is 26.6. The van der Waals surface area contributed by atoms with Crippen molar-refractivity contribution in [2.45, 2.75) is 20.4 Å². The molecule has 1 amide bonds. The average molecular weight is 509 g/mol. The Balaban J connectivity index is 1.83. The highest BCUT2D eigenvalue weighted by Crippen LogP contribution is 2.15. The van der Waals surface area contributed by atoms with Gasteiger partial charge in [0.25, 0.3) is 11.5 Å². The number of carbonyl (C=O) groups is 2. The molecule has 0 unspecified atom stereocenters. The van der Waals surface area contributed by atoms with Gasteiger partial charge in [0, 0.05) is 12.3 Å². The van der Waals surface area contributed by atoms with Gasteiger partial charge in [0.2, 0.25) is 0 Å². The number of hydrogen-bond acceptors (Lipinski definition) is 6. The molecule has 0 radical (unpaired) electrons. The lowest BCUT2D eigenvalue weighted by Crippen LogP contribution is -2.33. The van der Waals surface area contributed by atoms with E-state index in [4.69, 9.17) is 14.1 Å². The van der Waals surface area contributed by atoms with E-state index in [9.17, 15) is 14.4 Å². The molecule has 0 bridgehead atoms. The van der Waals surface area contributed by atoms with Crippen molar-refractivity contribution in [3.05, 3.63) is 117 Å². The summed E-state index contributed by atoms with van der Waals surface area (Å²) >= 11 is 0. The first-order chi connectivity index (χ1) is 18.5. The highest BCUT2D eigenvalue weighted by molar-refractivity contribution is 5.96. The van der Waals surface area contributed by atoms with Crippen molar-refractivity contribution in [3.8, 4) is 0 Å². The van der Waals surface area contributed by atoms with Crippen LogP contribution in [-0.2, 0) is 16.1 Å². The van der Waals surface area contributed by atoms with Crippen LogP contribution in [0.1, 0.15) is 34.2 Å². The third-order valence-electron chi connectivity index (χ3n) is 5.93. The van der Waals surface area contributed by atoms with Crippen molar-refractivity contribution >= 4 is 34.6 Å². The second-order valence-corrected chi connectivity index (χ2v) is 8.50. The van der Waals surface area contributed by atoms with Gasteiger partial charge in [-0.3, -0.25) is 14.0 Å². The van der Waals surface area contributed by atoms with E-state index in [-0.39, 0.29) is 40.8 Å². The molecule has 0 aliphatic heterocycles. The lowest BCUT2D eigenvalue weighted by molar-refractivity contribution is -0.113. The first-order valence-corrected chi connectivity index (χ1v) is 12.0. The van der Waals surface area contributed by atoms with Gasteiger partial charge in [0.1, 0.15) is 22.6 Å². The Bertz CT molecular complexity index is 1810. The van der Waals surface area contributed by atoms with Gasteiger partial charge in [-0.2, -0.15) is 4.99 Å². The first-order valence-electron chi connectivity index (χ1n) is 12.0. The summed E-state index contributed by atoms with van der Waals surface area (Å²) in [6.45, 7) is 3.69. The number of nitrogens with zero attached hydrogens (tertiary/aromatic N) is 4. The quantitative estimate of drug-likeness (QED) is 0.195. The molecular weight excluding hydrogens is 484 g/mol. The van der Waals surface area contributed by atoms with E-state index < -0.39 is 11.9 Å². The molecule has 4 aromatic heterocycles. The van der Waals surface area contributed by atoms with Crippen LogP contribution in [0.3, 0.4) is 0 Å². The third-order valence-corrected chi connectivity index (χ3v) is 5.93. The Kier molecular flexibility index (Phi) is 6.82. The van der Waals surface area contributed by atoms with E-state index >= 15 is 0 Å². The zero-order valence-electron chi connectivity index (χ0n) is 20.8. The van der Waals surface area contributed by atoms with E-state index in [1.165, 1.54) is 22.8 Å². The molecule has 38 heavy (non-hydrogen) atoms. The molecular formula is C29H24N4O5. The maximum atomic E-state index is 13.5. The number of rotatable bonds is 6. The molecule has 0 N–H and O–H groups in total. The summed E-state index contributed by atoms with van der Waals surface area (Å²) in [6.07, 6.45) is 6.09. The predicted molar refractivity (Wildman–Crippen MR) is 142 cm³/mol.